The summed E-state index contributed by atoms with van der Waals surface area (Å²) in [5, 5.41) is 25.0. The fourth-order valence-electron chi connectivity index (χ4n) is 13.4. The first-order valence-corrected chi connectivity index (χ1v) is 22.6. The molecule has 0 aromatic heterocycles. The van der Waals surface area contributed by atoms with Gasteiger partial charge in [0.2, 0.25) is 0 Å². The summed E-state index contributed by atoms with van der Waals surface area (Å²) in [7, 11) is 0. The first-order chi connectivity index (χ1) is 31.3. The van der Waals surface area contributed by atoms with Crippen LogP contribution in [0.5, 0.6) is 0 Å². The summed E-state index contributed by atoms with van der Waals surface area (Å²) in [5.74, 6) is 0. The Morgan fingerprint density at radius 3 is 0.698 bits per heavy atom. The van der Waals surface area contributed by atoms with Gasteiger partial charge in [0.25, 0.3) is 0 Å². The topological polar surface area (TPSA) is 0 Å². The van der Waals surface area contributed by atoms with Crippen molar-refractivity contribution in [2.45, 2.75) is 19.3 Å². The molecule has 0 saturated carbocycles. The highest BCUT2D eigenvalue weighted by Crippen LogP contribution is 2.58. The number of hydrogen-bond acceptors (Lipinski definition) is 0. The average Bonchev–Trinajstić information content (AvgIpc) is 4.18. The average molecular weight is 793 g/mol. The van der Waals surface area contributed by atoms with Gasteiger partial charge in [-0.05, 0) is 183 Å². The van der Waals surface area contributed by atoms with Crippen molar-refractivity contribution >= 4 is 97.0 Å². The van der Waals surface area contributed by atoms with Crippen molar-refractivity contribution in [2.75, 3.05) is 0 Å². The summed E-state index contributed by atoms with van der Waals surface area (Å²) in [5.41, 5.74) is 18.2. The van der Waals surface area contributed by atoms with Gasteiger partial charge in [-0.15, -0.1) is 0 Å². The maximum absolute atomic E-state index is 2.34. The molecule has 0 heterocycles. The molecule has 0 atom stereocenters. The van der Waals surface area contributed by atoms with Crippen molar-refractivity contribution in [1.29, 1.82) is 0 Å². The Hall–Kier alpha value is -7.80. The van der Waals surface area contributed by atoms with Crippen LogP contribution in [-0.4, -0.2) is 0 Å². The van der Waals surface area contributed by atoms with Crippen molar-refractivity contribution < 1.29 is 0 Å². The fraction of sp³-hybridized carbons (Fsp3) is 0.0476. The zero-order chi connectivity index (χ0) is 40.7. The molecule has 63 heavy (non-hydrogen) atoms. The smallest absolute Gasteiger partial charge is 0.000696 e. The molecule has 0 N–H and O–H groups in total. The lowest BCUT2D eigenvalue weighted by Gasteiger charge is -2.17. The zero-order valence-corrected chi connectivity index (χ0v) is 34.4. The molecule has 17 rings (SSSR count). The summed E-state index contributed by atoms with van der Waals surface area (Å²) in [6, 6.07) is 68.1. The predicted molar refractivity (Wildman–Crippen MR) is 269 cm³/mol. The second-order valence-corrected chi connectivity index (χ2v) is 18.4. The second-order valence-electron chi connectivity index (χ2n) is 18.4. The number of rotatable bonds is 0. The van der Waals surface area contributed by atoms with Gasteiger partial charge in [-0.1, -0.05) is 182 Å². The zero-order valence-electron chi connectivity index (χ0n) is 34.4. The van der Waals surface area contributed by atoms with E-state index >= 15 is 0 Å². The van der Waals surface area contributed by atoms with Gasteiger partial charge in [-0.25, -0.2) is 0 Å². The summed E-state index contributed by atoms with van der Waals surface area (Å²) in [4.78, 5) is 0. The lowest BCUT2D eigenvalue weighted by molar-refractivity contribution is 1.21. The first-order valence-electron chi connectivity index (χ1n) is 22.6. The van der Waals surface area contributed by atoms with Crippen LogP contribution in [0.1, 0.15) is 33.4 Å². The Bertz CT molecular complexity index is 3680. The molecule has 14 aromatic rings. The molecule has 0 nitrogen and oxygen atoms in total. The SMILES string of the molecule is c1cc2cccc3c2c(c1)c1c2c4cccc5cccc(c54)c2c2c4cccc5cccc(c54)c2c31.c1ccc2c(c1)Cc1c-2c2c(c3c1-c1ccccc1C3)-c1ccccc1C2. The van der Waals surface area contributed by atoms with E-state index in [4.69, 9.17) is 0 Å². The molecule has 0 aliphatic heterocycles. The van der Waals surface area contributed by atoms with E-state index in [9.17, 15) is 0 Å². The van der Waals surface area contributed by atoms with E-state index in [-0.39, 0.29) is 0 Å². The van der Waals surface area contributed by atoms with E-state index in [1.165, 1.54) is 147 Å². The molecular weight excluding hydrogens is 757 g/mol. The third-order valence-corrected chi connectivity index (χ3v) is 15.6. The van der Waals surface area contributed by atoms with E-state index < -0.39 is 0 Å². The Kier molecular flexibility index (Phi) is 6.04. The minimum Gasteiger partial charge on any atom is -0.0619 e. The Labute approximate surface area is 363 Å². The lowest BCUT2D eigenvalue weighted by atomic mass is 9.86. The fourth-order valence-corrected chi connectivity index (χ4v) is 13.4. The molecule has 0 saturated heterocycles. The van der Waals surface area contributed by atoms with E-state index in [1.807, 2.05) is 0 Å². The molecule has 14 aromatic carbocycles. The summed E-state index contributed by atoms with van der Waals surface area (Å²) < 4.78 is 0. The van der Waals surface area contributed by atoms with E-state index in [0.717, 1.165) is 19.3 Å². The van der Waals surface area contributed by atoms with E-state index in [1.54, 1.807) is 16.7 Å². The molecule has 0 heteroatoms. The molecule has 288 valence electrons. The van der Waals surface area contributed by atoms with Crippen LogP contribution >= 0.6 is 0 Å². The van der Waals surface area contributed by atoms with Gasteiger partial charge < -0.3 is 0 Å². The van der Waals surface area contributed by atoms with Crippen molar-refractivity contribution in [3.8, 4) is 33.4 Å². The summed E-state index contributed by atoms with van der Waals surface area (Å²) >= 11 is 0. The Morgan fingerprint density at radius 2 is 0.444 bits per heavy atom. The minimum absolute atomic E-state index is 1.08. The van der Waals surface area contributed by atoms with Gasteiger partial charge in [0.1, 0.15) is 0 Å². The van der Waals surface area contributed by atoms with Gasteiger partial charge in [0.05, 0.1) is 0 Å². The largest absolute Gasteiger partial charge is 0.0619 e. The Balaban J connectivity index is 0.000000119. The maximum Gasteiger partial charge on any atom is -0.000696 e. The van der Waals surface area contributed by atoms with Gasteiger partial charge >= 0.3 is 0 Å². The molecule has 0 unspecified atom stereocenters. The van der Waals surface area contributed by atoms with E-state index in [2.05, 4.69) is 182 Å². The molecule has 0 spiro atoms. The van der Waals surface area contributed by atoms with Gasteiger partial charge in [0.15, 0.2) is 0 Å². The van der Waals surface area contributed by atoms with Crippen LogP contribution in [0, 0.1) is 0 Å². The highest BCUT2D eigenvalue weighted by molar-refractivity contribution is 6.55. The van der Waals surface area contributed by atoms with Crippen molar-refractivity contribution in [3.05, 3.63) is 215 Å². The number of benzene rings is 11. The normalized spacial score (nSPS) is 13.5. The minimum atomic E-state index is 1.08. The molecule has 0 fully saturated rings. The first kappa shape index (κ1) is 32.9. The van der Waals surface area contributed by atoms with Crippen LogP contribution < -0.4 is 0 Å². The quantitative estimate of drug-likeness (QED) is 0.143. The predicted octanol–water partition coefficient (Wildman–Crippen LogP) is 16.8. The standard InChI is InChI=1S/C36H18.C27H18/c1-7-19-8-2-14-23-28(19)22(13-1)31-32(23)34-26-17-5-11-21-12-6-18-27(30(21)26)36(34)35-25-16-4-10-20-9-3-15-24(29(20)25)33(31)35;1-4-10-19-16(7-1)13-22-25(19)23-14-17-8-3-6-12-21(17)27(23)24-15-18-9-2-5-11-20(18)26(22)24/h1-18H;1-12H,13-15H2. The maximum atomic E-state index is 2.34. The number of hydrogen-bond donors (Lipinski definition) is 0. The summed E-state index contributed by atoms with van der Waals surface area (Å²) in [6.07, 6.45) is 3.23. The van der Waals surface area contributed by atoms with Gasteiger partial charge in [-0.3, -0.25) is 0 Å². The van der Waals surface area contributed by atoms with Crippen LogP contribution in [0.15, 0.2) is 182 Å². The molecular formula is C63H36. The van der Waals surface area contributed by atoms with Crippen molar-refractivity contribution in [1.82, 2.24) is 0 Å². The van der Waals surface area contributed by atoms with E-state index in [0.29, 0.717) is 0 Å². The highest BCUT2D eigenvalue weighted by atomic mass is 14.4. The van der Waals surface area contributed by atoms with Crippen LogP contribution in [0.25, 0.3) is 130 Å². The molecule has 3 aliphatic carbocycles. The molecule has 3 aliphatic rings. The van der Waals surface area contributed by atoms with Gasteiger partial charge in [-0.2, -0.15) is 0 Å². The summed E-state index contributed by atoms with van der Waals surface area (Å²) in [6.45, 7) is 0. The highest BCUT2D eigenvalue weighted by Gasteiger charge is 2.37. The van der Waals surface area contributed by atoms with Crippen LogP contribution in [-0.2, 0) is 19.3 Å². The van der Waals surface area contributed by atoms with Crippen molar-refractivity contribution in [2.24, 2.45) is 0 Å². The van der Waals surface area contributed by atoms with Crippen LogP contribution in [0.2, 0.25) is 0 Å². The Morgan fingerprint density at radius 1 is 0.206 bits per heavy atom. The molecule has 0 radical (unpaired) electrons. The lowest BCUT2D eigenvalue weighted by Crippen LogP contribution is -1.96. The van der Waals surface area contributed by atoms with Crippen LogP contribution in [0.4, 0.5) is 0 Å². The monoisotopic (exact) mass is 792 g/mol. The van der Waals surface area contributed by atoms with Crippen LogP contribution in [0.3, 0.4) is 0 Å². The van der Waals surface area contributed by atoms with Gasteiger partial charge in [0, 0.05) is 0 Å². The third kappa shape index (κ3) is 3.96. The molecule has 0 bridgehead atoms. The number of fused-ring (bicyclic) bond motifs is 24. The third-order valence-electron chi connectivity index (χ3n) is 15.6. The molecule has 0 amide bonds. The second kappa shape index (κ2) is 11.6. The van der Waals surface area contributed by atoms with Crippen molar-refractivity contribution in [3.63, 3.8) is 0 Å².